The van der Waals surface area contributed by atoms with Crippen LogP contribution in [0.1, 0.15) is 15.9 Å². The molecular weight excluding hydrogens is 435 g/mol. The molecule has 3 aromatic carbocycles. The Balaban J connectivity index is 1.74. The molecule has 1 N–H and O–H groups in total. The number of nitrogens with one attached hydrogen (secondary N) is 1. The Morgan fingerprint density at radius 2 is 1.62 bits per heavy atom. The zero-order valence-electron chi connectivity index (χ0n) is 17.8. The van der Waals surface area contributed by atoms with E-state index in [2.05, 4.69) is 4.72 Å². The highest BCUT2D eigenvalue weighted by atomic mass is 32.2. The summed E-state index contributed by atoms with van der Waals surface area (Å²) in [5.74, 6) is 0.355. The van der Waals surface area contributed by atoms with Crippen molar-refractivity contribution in [3.63, 3.8) is 0 Å². The topological polar surface area (TPSA) is 84.9 Å². The normalized spacial score (nSPS) is 11.0. The van der Waals surface area contributed by atoms with Crippen LogP contribution in [0.15, 0.2) is 71.6 Å². The van der Waals surface area contributed by atoms with E-state index in [1.54, 1.807) is 13.1 Å². The molecule has 0 aromatic heterocycles. The van der Waals surface area contributed by atoms with E-state index >= 15 is 0 Å². The highest BCUT2D eigenvalue weighted by Crippen LogP contribution is 2.31. The maximum absolute atomic E-state index is 13.0. The van der Waals surface area contributed by atoms with Crippen LogP contribution in [0.2, 0.25) is 0 Å². The first-order chi connectivity index (χ1) is 15.2. The highest BCUT2D eigenvalue weighted by molar-refractivity contribution is 7.92. The molecular formula is C23H23FN2O5S. The van der Waals surface area contributed by atoms with E-state index in [1.165, 1.54) is 55.5 Å². The lowest BCUT2D eigenvalue weighted by molar-refractivity contribution is 0.0784. The molecule has 0 fully saturated rings. The molecule has 0 aliphatic heterocycles. The highest BCUT2D eigenvalue weighted by Gasteiger charge is 2.19. The van der Waals surface area contributed by atoms with Gasteiger partial charge in [-0.05, 0) is 54.6 Å². The van der Waals surface area contributed by atoms with Gasteiger partial charge in [0.15, 0.2) is 11.5 Å². The number of ether oxygens (including phenoxy) is 2. The Kier molecular flexibility index (Phi) is 6.99. The third-order valence-electron chi connectivity index (χ3n) is 4.75. The first kappa shape index (κ1) is 23.1. The molecule has 3 aromatic rings. The van der Waals surface area contributed by atoms with Gasteiger partial charge in [0.25, 0.3) is 15.9 Å². The molecule has 0 atom stereocenters. The van der Waals surface area contributed by atoms with Crippen molar-refractivity contribution >= 4 is 21.6 Å². The van der Waals surface area contributed by atoms with Gasteiger partial charge < -0.3 is 14.4 Å². The lowest BCUT2D eigenvalue weighted by atomic mass is 10.1. The predicted octanol–water partition coefficient (Wildman–Crippen LogP) is 3.92. The first-order valence-corrected chi connectivity index (χ1v) is 11.1. The number of anilines is 1. The molecule has 0 unspecified atom stereocenters. The monoisotopic (exact) mass is 458 g/mol. The summed E-state index contributed by atoms with van der Waals surface area (Å²) < 4.78 is 51.2. The number of amides is 1. The summed E-state index contributed by atoms with van der Waals surface area (Å²) >= 11 is 0. The van der Waals surface area contributed by atoms with E-state index in [-0.39, 0.29) is 23.0 Å². The summed E-state index contributed by atoms with van der Waals surface area (Å²) in [6, 6.07) is 16.0. The maximum Gasteiger partial charge on any atom is 0.261 e. The number of sulfonamides is 1. The number of rotatable bonds is 8. The summed E-state index contributed by atoms with van der Waals surface area (Å²) in [7, 11) is 0.828. The first-order valence-electron chi connectivity index (χ1n) is 9.59. The molecule has 0 aliphatic rings. The van der Waals surface area contributed by atoms with Crippen LogP contribution in [0.25, 0.3) is 0 Å². The second-order valence-corrected chi connectivity index (χ2v) is 8.63. The van der Waals surface area contributed by atoms with Gasteiger partial charge in [0.05, 0.1) is 19.1 Å². The van der Waals surface area contributed by atoms with Crippen molar-refractivity contribution in [2.75, 3.05) is 26.0 Å². The number of para-hydroxylation sites is 1. The minimum absolute atomic E-state index is 0.0181. The lowest BCUT2D eigenvalue weighted by Gasteiger charge is -2.20. The number of nitrogens with zero attached hydrogens (tertiary/aromatic N) is 1. The quantitative estimate of drug-likeness (QED) is 0.553. The van der Waals surface area contributed by atoms with Crippen molar-refractivity contribution < 1.29 is 27.1 Å². The molecule has 0 spiro atoms. The number of carbonyl (C=O) groups excluding carboxylic acids is 1. The van der Waals surface area contributed by atoms with E-state index in [0.29, 0.717) is 17.1 Å². The second kappa shape index (κ2) is 9.69. The zero-order chi connectivity index (χ0) is 23.3. The summed E-state index contributed by atoms with van der Waals surface area (Å²) in [4.78, 5) is 14.3. The van der Waals surface area contributed by atoms with Crippen molar-refractivity contribution in [2.45, 2.75) is 11.4 Å². The van der Waals surface area contributed by atoms with Crippen LogP contribution >= 0.6 is 0 Å². The van der Waals surface area contributed by atoms with Crippen molar-refractivity contribution in [3.8, 4) is 11.5 Å². The summed E-state index contributed by atoms with van der Waals surface area (Å²) in [5.41, 5.74) is 1.33. The van der Waals surface area contributed by atoms with Gasteiger partial charge in [-0.25, -0.2) is 12.8 Å². The van der Waals surface area contributed by atoms with Crippen LogP contribution in [-0.2, 0) is 16.6 Å². The average Bonchev–Trinajstić information content (AvgIpc) is 2.79. The molecule has 0 saturated carbocycles. The van der Waals surface area contributed by atoms with Crippen molar-refractivity contribution in [2.24, 2.45) is 0 Å². The average molecular weight is 459 g/mol. The van der Waals surface area contributed by atoms with Gasteiger partial charge in [-0.3, -0.25) is 9.52 Å². The minimum Gasteiger partial charge on any atom is -0.493 e. The molecule has 9 heteroatoms. The third-order valence-corrected chi connectivity index (χ3v) is 6.14. The zero-order valence-corrected chi connectivity index (χ0v) is 18.6. The summed E-state index contributed by atoms with van der Waals surface area (Å²) in [5, 5.41) is 0. The number of benzene rings is 3. The summed E-state index contributed by atoms with van der Waals surface area (Å²) in [6.07, 6.45) is 0. The predicted molar refractivity (Wildman–Crippen MR) is 119 cm³/mol. The molecule has 0 heterocycles. The fourth-order valence-corrected chi connectivity index (χ4v) is 4.19. The van der Waals surface area contributed by atoms with Crippen LogP contribution in [-0.4, -0.2) is 40.5 Å². The van der Waals surface area contributed by atoms with Crippen molar-refractivity contribution in [1.82, 2.24) is 4.90 Å². The van der Waals surface area contributed by atoms with Gasteiger partial charge in [0.1, 0.15) is 5.82 Å². The molecule has 7 nitrogen and oxygen atoms in total. The Hall–Kier alpha value is -3.59. The standard InChI is InChI=1S/C23H23FN2O5S/c1-26(15-17-5-4-6-21(30-2)22(17)31-3)23(27)16-7-13-20(14-8-16)32(28,29)25-19-11-9-18(24)10-12-19/h4-14,25H,15H2,1-3H3. The molecule has 0 bridgehead atoms. The number of hydrogen-bond acceptors (Lipinski definition) is 5. The van der Waals surface area contributed by atoms with E-state index in [0.717, 1.165) is 17.7 Å². The Morgan fingerprint density at radius 1 is 0.969 bits per heavy atom. The van der Waals surface area contributed by atoms with Crippen LogP contribution in [0.4, 0.5) is 10.1 Å². The number of hydrogen-bond donors (Lipinski definition) is 1. The van der Waals surface area contributed by atoms with Crippen LogP contribution in [0, 0.1) is 5.82 Å². The summed E-state index contributed by atoms with van der Waals surface area (Å²) in [6.45, 7) is 0.269. The van der Waals surface area contributed by atoms with Gasteiger partial charge in [0, 0.05) is 30.4 Å². The largest absolute Gasteiger partial charge is 0.493 e. The van der Waals surface area contributed by atoms with Gasteiger partial charge in [-0.15, -0.1) is 0 Å². The number of methoxy groups -OCH3 is 2. The van der Waals surface area contributed by atoms with Gasteiger partial charge >= 0.3 is 0 Å². The van der Waals surface area contributed by atoms with Gasteiger partial charge in [-0.2, -0.15) is 0 Å². The van der Waals surface area contributed by atoms with Crippen LogP contribution in [0.3, 0.4) is 0 Å². The molecule has 0 aliphatic carbocycles. The van der Waals surface area contributed by atoms with E-state index in [9.17, 15) is 17.6 Å². The van der Waals surface area contributed by atoms with Crippen molar-refractivity contribution in [3.05, 3.63) is 83.7 Å². The van der Waals surface area contributed by atoms with Gasteiger partial charge in [0.2, 0.25) is 0 Å². The molecule has 1 amide bonds. The van der Waals surface area contributed by atoms with Crippen LogP contribution < -0.4 is 14.2 Å². The molecule has 3 rings (SSSR count). The Bertz CT molecular complexity index is 1200. The minimum atomic E-state index is -3.88. The second-order valence-electron chi connectivity index (χ2n) is 6.95. The molecule has 32 heavy (non-hydrogen) atoms. The smallest absolute Gasteiger partial charge is 0.261 e. The molecule has 0 radical (unpaired) electrons. The van der Waals surface area contributed by atoms with E-state index in [4.69, 9.17) is 9.47 Å². The van der Waals surface area contributed by atoms with Crippen molar-refractivity contribution in [1.29, 1.82) is 0 Å². The fraction of sp³-hybridized carbons (Fsp3) is 0.174. The number of carbonyl (C=O) groups is 1. The SMILES string of the molecule is COc1cccc(CN(C)C(=O)c2ccc(S(=O)(=O)Nc3ccc(F)cc3)cc2)c1OC. The number of halogens is 1. The molecule has 0 saturated heterocycles. The fourth-order valence-electron chi connectivity index (χ4n) is 3.13. The lowest BCUT2D eigenvalue weighted by Crippen LogP contribution is -2.26. The molecule has 168 valence electrons. The Morgan fingerprint density at radius 3 is 2.22 bits per heavy atom. The Labute approximate surface area is 186 Å². The van der Waals surface area contributed by atoms with Gasteiger partial charge in [-0.1, -0.05) is 12.1 Å². The van der Waals surface area contributed by atoms with E-state index < -0.39 is 15.8 Å². The third kappa shape index (κ3) is 5.17. The van der Waals surface area contributed by atoms with E-state index in [1.807, 2.05) is 12.1 Å². The maximum atomic E-state index is 13.0. The van der Waals surface area contributed by atoms with Crippen LogP contribution in [0.5, 0.6) is 11.5 Å².